The summed E-state index contributed by atoms with van der Waals surface area (Å²) in [7, 11) is 1.08. The third kappa shape index (κ3) is 2.33. The molecule has 0 radical (unpaired) electrons. The number of fused-ring (bicyclic) bond motifs is 1. The number of aromatic nitrogens is 2. The SMILES string of the molecule is COC(=O)C(O)C(O)c1ccc2[nH]nc(C(=O)O)c2c1. The molecule has 0 saturated carbocycles. The van der Waals surface area contributed by atoms with E-state index in [0.717, 1.165) is 7.11 Å². The first-order valence-corrected chi connectivity index (χ1v) is 5.61. The third-order valence-electron chi connectivity index (χ3n) is 2.87. The van der Waals surface area contributed by atoms with Crippen LogP contribution in [0.3, 0.4) is 0 Å². The Hall–Kier alpha value is -2.45. The standard InChI is InChI=1S/C12H12N2O6/c1-20-12(19)10(16)9(15)5-2-3-7-6(4-5)8(11(17)18)14-13-7/h2-4,9-10,15-16H,1H3,(H,13,14)(H,17,18). The van der Waals surface area contributed by atoms with Crippen LogP contribution in [0, 0.1) is 0 Å². The van der Waals surface area contributed by atoms with Crippen molar-refractivity contribution in [3.8, 4) is 0 Å². The van der Waals surface area contributed by atoms with Gasteiger partial charge in [-0.3, -0.25) is 5.10 Å². The second-order valence-corrected chi connectivity index (χ2v) is 4.10. The molecule has 106 valence electrons. The molecule has 0 bridgehead atoms. The maximum Gasteiger partial charge on any atom is 0.357 e. The summed E-state index contributed by atoms with van der Waals surface area (Å²) < 4.78 is 4.33. The van der Waals surface area contributed by atoms with E-state index in [1.165, 1.54) is 18.2 Å². The van der Waals surface area contributed by atoms with Gasteiger partial charge in [0, 0.05) is 5.39 Å². The zero-order chi connectivity index (χ0) is 14.9. The van der Waals surface area contributed by atoms with E-state index < -0.39 is 24.1 Å². The minimum atomic E-state index is -1.75. The fourth-order valence-electron chi connectivity index (χ4n) is 1.81. The molecular formula is C12H12N2O6. The quantitative estimate of drug-likeness (QED) is 0.571. The van der Waals surface area contributed by atoms with Gasteiger partial charge in [-0.2, -0.15) is 5.10 Å². The van der Waals surface area contributed by atoms with Gasteiger partial charge in [-0.25, -0.2) is 9.59 Å². The summed E-state index contributed by atoms with van der Waals surface area (Å²) in [4.78, 5) is 22.1. The van der Waals surface area contributed by atoms with Gasteiger partial charge in [0.2, 0.25) is 0 Å². The predicted molar refractivity (Wildman–Crippen MR) is 66.0 cm³/mol. The highest BCUT2D eigenvalue weighted by Crippen LogP contribution is 2.24. The zero-order valence-corrected chi connectivity index (χ0v) is 10.4. The molecule has 0 spiro atoms. The molecule has 0 aliphatic carbocycles. The van der Waals surface area contributed by atoms with E-state index in [9.17, 15) is 19.8 Å². The lowest BCUT2D eigenvalue weighted by atomic mass is 10.0. The average molecular weight is 280 g/mol. The molecule has 8 heteroatoms. The molecule has 2 atom stereocenters. The van der Waals surface area contributed by atoms with Crippen molar-refractivity contribution in [2.45, 2.75) is 12.2 Å². The molecule has 20 heavy (non-hydrogen) atoms. The zero-order valence-electron chi connectivity index (χ0n) is 10.4. The minimum Gasteiger partial charge on any atom is -0.476 e. The van der Waals surface area contributed by atoms with Crippen molar-refractivity contribution < 1.29 is 29.6 Å². The van der Waals surface area contributed by atoms with Crippen molar-refractivity contribution in [2.75, 3.05) is 7.11 Å². The molecule has 0 aliphatic rings. The normalized spacial score (nSPS) is 13.9. The number of rotatable bonds is 4. The Bertz CT molecular complexity index is 665. The van der Waals surface area contributed by atoms with E-state index in [1.807, 2.05) is 0 Å². The van der Waals surface area contributed by atoms with E-state index in [1.54, 1.807) is 0 Å². The Morgan fingerprint density at radius 1 is 1.35 bits per heavy atom. The lowest BCUT2D eigenvalue weighted by Crippen LogP contribution is -2.29. The van der Waals surface area contributed by atoms with E-state index in [-0.39, 0.29) is 16.6 Å². The Morgan fingerprint density at radius 3 is 2.65 bits per heavy atom. The van der Waals surface area contributed by atoms with Crippen LogP contribution in [-0.2, 0) is 9.53 Å². The molecule has 4 N–H and O–H groups in total. The number of ether oxygens (including phenoxy) is 1. The number of nitrogens with one attached hydrogen (secondary N) is 1. The maximum atomic E-state index is 11.2. The van der Waals surface area contributed by atoms with E-state index in [0.29, 0.717) is 5.52 Å². The molecule has 2 unspecified atom stereocenters. The first kappa shape index (κ1) is 14.0. The topological polar surface area (TPSA) is 133 Å². The molecular weight excluding hydrogens is 268 g/mol. The molecule has 0 fully saturated rings. The summed E-state index contributed by atoms with van der Waals surface area (Å²) in [5, 5.41) is 34.9. The highest BCUT2D eigenvalue weighted by molar-refractivity contribution is 6.01. The average Bonchev–Trinajstić information content (AvgIpc) is 2.87. The number of carboxylic acid groups (broad SMARTS) is 1. The van der Waals surface area contributed by atoms with Crippen molar-refractivity contribution in [3.63, 3.8) is 0 Å². The van der Waals surface area contributed by atoms with E-state index >= 15 is 0 Å². The van der Waals surface area contributed by atoms with Crippen LogP contribution in [-0.4, -0.2) is 50.7 Å². The Balaban J connectivity index is 2.42. The first-order valence-electron chi connectivity index (χ1n) is 5.61. The Kier molecular flexibility index (Phi) is 3.68. The van der Waals surface area contributed by atoms with Gasteiger partial charge in [-0.05, 0) is 17.7 Å². The van der Waals surface area contributed by atoms with Gasteiger partial charge in [-0.15, -0.1) is 0 Å². The summed E-state index contributed by atoms with van der Waals surface area (Å²) >= 11 is 0. The van der Waals surface area contributed by atoms with Gasteiger partial charge >= 0.3 is 11.9 Å². The number of hydrogen-bond donors (Lipinski definition) is 4. The van der Waals surface area contributed by atoms with Crippen LogP contribution >= 0.6 is 0 Å². The molecule has 1 aromatic carbocycles. The summed E-state index contributed by atoms with van der Waals surface area (Å²) in [6.45, 7) is 0. The van der Waals surface area contributed by atoms with E-state index in [2.05, 4.69) is 14.9 Å². The van der Waals surface area contributed by atoms with E-state index in [4.69, 9.17) is 5.11 Å². The monoisotopic (exact) mass is 280 g/mol. The summed E-state index contributed by atoms with van der Waals surface area (Å²) in [5.41, 5.74) is 0.437. The number of hydrogen-bond acceptors (Lipinski definition) is 6. The van der Waals surface area contributed by atoms with Crippen LogP contribution in [0.25, 0.3) is 10.9 Å². The van der Waals surface area contributed by atoms with Crippen LogP contribution in [0.5, 0.6) is 0 Å². The molecule has 1 heterocycles. The van der Waals surface area contributed by atoms with Gasteiger partial charge < -0.3 is 20.1 Å². The highest BCUT2D eigenvalue weighted by atomic mass is 16.5. The number of carbonyl (C=O) groups excluding carboxylic acids is 1. The maximum absolute atomic E-state index is 11.2. The summed E-state index contributed by atoms with van der Waals surface area (Å²) in [6.07, 6.45) is -3.28. The highest BCUT2D eigenvalue weighted by Gasteiger charge is 2.27. The minimum absolute atomic E-state index is 0.180. The summed E-state index contributed by atoms with van der Waals surface area (Å²) in [6, 6.07) is 4.29. The molecule has 2 aromatic rings. The van der Waals surface area contributed by atoms with Crippen molar-refractivity contribution in [1.29, 1.82) is 0 Å². The largest absolute Gasteiger partial charge is 0.476 e. The molecule has 0 saturated heterocycles. The van der Waals surface area contributed by atoms with Crippen molar-refractivity contribution in [3.05, 3.63) is 29.5 Å². The number of carbonyl (C=O) groups is 2. The fourth-order valence-corrected chi connectivity index (χ4v) is 1.81. The lowest BCUT2D eigenvalue weighted by Gasteiger charge is -2.15. The number of aliphatic hydroxyl groups is 2. The van der Waals surface area contributed by atoms with Crippen LogP contribution in [0.1, 0.15) is 22.2 Å². The van der Waals surface area contributed by atoms with Crippen molar-refractivity contribution in [2.24, 2.45) is 0 Å². The fraction of sp³-hybridized carbons (Fsp3) is 0.250. The number of aromatic carboxylic acids is 1. The number of nitrogens with zero attached hydrogens (tertiary/aromatic N) is 1. The van der Waals surface area contributed by atoms with Crippen molar-refractivity contribution in [1.82, 2.24) is 10.2 Å². The smallest absolute Gasteiger partial charge is 0.357 e. The molecule has 0 amide bonds. The van der Waals surface area contributed by atoms with Crippen LogP contribution in [0.4, 0.5) is 0 Å². The number of carboxylic acids is 1. The Labute approximate surface area is 112 Å². The molecule has 8 nitrogen and oxygen atoms in total. The molecule has 1 aromatic heterocycles. The number of H-pyrrole nitrogens is 1. The number of aliphatic hydroxyl groups excluding tert-OH is 2. The third-order valence-corrected chi connectivity index (χ3v) is 2.87. The van der Waals surface area contributed by atoms with Crippen LogP contribution in [0.15, 0.2) is 18.2 Å². The van der Waals surface area contributed by atoms with Crippen LogP contribution in [0.2, 0.25) is 0 Å². The number of aromatic amines is 1. The summed E-state index contributed by atoms with van der Waals surface area (Å²) in [5.74, 6) is -2.21. The van der Waals surface area contributed by atoms with Crippen LogP contribution < -0.4 is 0 Å². The number of methoxy groups -OCH3 is 1. The lowest BCUT2D eigenvalue weighted by molar-refractivity contribution is -0.156. The predicted octanol–water partition coefficient (Wildman–Crippen LogP) is -0.172. The Morgan fingerprint density at radius 2 is 2.05 bits per heavy atom. The van der Waals surface area contributed by atoms with Gasteiger partial charge in [0.25, 0.3) is 0 Å². The molecule has 0 aliphatic heterocycles. The second-order valence-electron chi connectivity index (χ2n) is 4.10. The van der Waals surface area contributed by atoms with Gasteiger partial charge in [0.05, 0.1) is 12.6 Å². The number of esters is 1. The molecule has 2 rings (SSSR count). The van der Waals surface area contributed by atoms with Crippen molar-refractivity contribution >= 4 is 22.8 Å². The number of benzene rings is 1. The van der Waals surface area contributed by atoms with Gasteiger partial charge in [-0.1, -0.05) is 6.07 Å². The van der Waals surface area contributed by atoms with Gasteiger partial charge in [0.15, 0.2) is 11.8 Å². The van der Waals surface area contributed by atoms with Gasteiger partial charge in [0.1, 0.15) is 6.10 Å². The second kappa shape index (κ2) is 5.27. The first-order chi connectivity index (χ1) is 9.45.